The Balaban J connectivity index is 2.49. The third-order valence-electron chi connectivity index (χ3n) is 0.941. The van der Waals surface area contributed by atoms with Crippen LogP contribution >= 0.6 is 11.3 Å². The standard InChI is InChI=1S/C6H7NO2S/c1-5-3-10-6(7-5)2-9-4-8/h3-4H,2H2,1H3. The van der Waals surface area contributed by atoms with E-state index in [2.05, 4.69) is 9.72 Å². The molecule has 0 fully saturated rings. The summed E-state index contributed by atoms with van der Waals surface area (Å²) in [5.41, 5.74) is 0.967. The summed E-state index contributed by atoms with van der Waals surface area (Å²) in [6.07, 6.45) is 0. The Morgan fingerprint density at radius 3 is 3.20 bits per heavy atom. The Hall–Kier alpha value is -0.900. The van der Waals surface area contributed by atoms with Gasteiger partial charge in [0.05, 0.1) is 0 Å². The molecule has 0 bridgehead atoms. The molecule has 1 rings (SSSR count). The van der Waals surface area contributed by atoms with Gasteiger partial charge in [0.1, 0.15) is 11.6 Å². The van der Waals surface area contributed by atoms with E-state index in [1.807, 2.05) is 12.3 Å². The maximum Gasteiger partial charge on any atom is 0.293 e. The summed E-state index contributed by atoms with van der Waals surface area (Å²) in [7, 11) is 0. The number of hydrogen-bond donors (Lipinski definition) is 0. The maximum atomic E-state index is 9.74. The second kappa shape index (κ2) is 3.31. The van der Waals surface area contributed by atoms with Gasteiger partial charge in [-0.05, 0) is 6.92 Å². The molecule has 0 unspecified atom stereocenters. The van der Waals surface area contributed by atoms with Gasteiger partial charge >= 0.3 is 0 Å². The summed E-state index contributed by atoms with van der Waals surface area (Å²) in [6, 6.07) is 0. The fourth-order valence-corrected chi connectivity index (χ4v) is 1.27. The SMILES string of the molecule is Cc1csc(COC=O)n1. The van der Waals surface area contributed by atoms with Gasteiger partial charge in [-0.15, -0.1) is 11.3 Å². The minimum absolute atomic E-state index is 0.294. The van der Waals surface area contributed by atoms with Gasteiger partial charge < -0.3 is 4.74 Å². The molecule has 1 aromatic heterocycles. The van der Waals surface area contributed by atoms with E-state index in [1.54, 1.807) is 0 Å². The Labute approximate surface area is 62.7 Å². The summed E-state index contributed by atoms with van der Waals surface area (Å²) in [5, 5.41) is 2.76. The molecule has 0 N–H and O–H groups in total. The summed E-state index contributed by atoms with van der Waals surface area (Å²) in [6.45, 7) is 2.62. The highest BCUT2D eigenvalue weighted by Crippen LogP contribution is 2.08. The van der Waals surface area contributed by atoms with Gasteiger partial charge in [0, 0.05) is 11.1 Å². The summed E-state index contributed by atoms with van der Waals surface area (Å²) in [5.74, 6) is 0. The lowest BCUT2D eigenvalue weighted by atomic mass is 10.6. The van der Waals surface area contributed by atoms with Crippen LogP contribution in [0.4, 0.5) is 0 Å². The molecule has 10 heavy (non-hydrogen) atoms. The van der Waals surface area contributed by atoms with Crippen LogP contribution in [-0.4, -0.2) is 11.5 Å². The summed E-state index contributed by atoms with van der Waals surface area (Å²) >= 11 is 1.49. The number of rotatable bonds is 3. The quantitative estimate of drug-likeness (QED) is 0.617. The number of carbonyl (C=O) groups is 1. The van der Waals surface area contributed by atoms with Crippen molar-refractivity contribution in [2.75, 3.05) is 0 Å². The molecule has 1 aromatic rings. The molecule has 0 aliphatic heterocycles. The van der Waals surface area contributed by atoms with Crippen molar-refractivity contribution < 1.29 is 9.53 Å². The predicted molar refractivity (Wildman–Crippen MR) is 37.7 cm³/mol. The molecular formula is C6H7NO2S. The molecule has 0 aliphatic carbocycles. The van der Waals surface area contributed by atoms with Gasteiger partial charge in [-0.2, -0.15) is 0 Å². The van der Waals surface area contributed by atoms with Crippen LogP contribution in [0.5, 0.6) is 0 Å². The highest BCUT2D eigenvalue weighted by Gasteiger charge is 1.96. The minimum atomic E-state index is 0.294. The first-order valence-corrected chi connectivity index (χ1v) is 3.67. The van der Waals surface area contributed by atoms with E-state index in [0.29, 0.717) is 13.1 Å². The number of nitrogens with zero attached hydrogens (tertiary/aromatic N) is 1. The lowest BCUT2D eigenvalue weighted by Crippen LogP contribution is -1.88. The number of aromatic nitrogens is 1. The van der Waals surface area contributed by atoms with Gasteiger partial charge in [0.2, 0.25) is 0 Å². The van der Waals surface area contributed by atoms with E-state index >= 15 is 0 Å². The second-order valence-electron chi connectivity index (χ2n) is 1.79. The van der Waals surface area contributed by atoms with E-state index < -0.39 is 0 Å². The molecule has 0 atom stereocenters. The molecule has 54 valence electrons. The van der Waals surface area contributed by atoms with E-state index in [0.717, 1.165) is 10.7 Å². The molecule has 0 amide bonds. The van der Waals surface area contributed by atoms with Gasteiger partial charge in [-0.1, -0.05) is 0 Å². The third kappa shape index (κ3) is 1.80. The van der Waals surface area contributed by atoms with E-state index in [-0.39, 0.29) is 0 Å². The zero-order valence-electron chi connectivity index (χ0n) is 5.53. The molecule has 0 radical (unpaired) electrons. The third-order valence-corrected chi connectivity index (χ3v) is 1.88. The average molecular weight is 157 g/mol. The lowest BCUT2D eigenvalue weighted by Gasteiger charge is -1.89. The van der Waals surface area contributed by atoms with Gasteiger partial charge in [0.15, 0.2) is 0 Å². The predicted octanol–water partition coefficient (Wildman–Crippen LogP) is 1.12. The van der Waals surface area contributed by atoms with Crippen LogP contribution < -0.4 is 0 Å². The Bertz CT molecular complexity index is 221. The van der Waals surface area contributed by atoms with Crippen LogP contribution in [0.3, 0.4) is 0 Å². The van der Waals surface area contributed by atoms with Crippen LogP contribution in [-0.2, 0) is 16.1 Å². The first-order chi connectivity index (χ1) is 4.83. The van der Waals surface area contributed by atoms with Crippen molar-refractivity contribution in [3.8, 4) is 0 Å². The molecule has 3 nitrogen and oxygen atoms in total. The molecule has 0 saturated heterocycles. The van der Waals surface area contributed by atoms with Crippen LogP contribution in [0.15, 0.2) is 5.38 Å². The summed E-state index contributed by atoms with van der Waals surface area (Å²) in [4.78, 5) is 13.8. The van der Waals surface area contributed by atoms with Gasteiger partial charge in [-0.25, -0.2) is 4.98 Å². The largest absolute Gasteiger partial charge is 0.460 e. The van der Waals surface area contributed by atoms with Crippen molar-refractivity contribution in [3.05, 3.63) is 16.1 Å². The average Bonchev–Trinajstić information content (AvgIpc) is 2.31. The van der Waals surface area contributed by atoms with Crippen LogP contribution in [0.1, 0.15) is 10.7 Å². The van der Waals surface area contributed by atoms with Crippen LogP contribution in [0.25, 0.3) is 0 Å². The Kier molecular flexibility index (Phi) is 2.39. The number of carbonyl (C=O) groups excluding carboxylic acids is 1. The highest BCUT2D eigenvalue weighted by atomic mass is 32.1. The molecule has 0 aromatic carbocycles. The van der Waals surface area contributed by atoms with Crippen molar-refractivity contribution in [1.82, 2.24) is 4.98 Å². The minimum Gasteiger partial charge on any atom is -0.460 e. The van der Waals surface area contributed by atoms with Crippen LogP contribution in [0.2, 0.25) is 0 Å². The summed E-state index contributed by atoms with van der Waals surface area (Å²) < 4.78 is 4.50. The molecule has 1 heterocycles. The number of ether oxygens (including phenoxy) is 1. The van der Waals surface area contributed by atoms with Crippen molar-refractivity contribution >= 4 is 17.8 Å². The number of thiazole rings is 1. The maximum absolute atomic E-state index is 9.74. The molecule has 4 heteroatoms. The smallest absolute Gasteiger partial charge is 0.293 e. The first kappa shape index (κ1) is 7.21. The van der Waals surface area contributed by atoms with Crippen molar-refractivity contribution in [2.45, 2.75) is 13.5 Å². The van der Waals surface area contributed by atoms with E-state index in [9.17, 15) is 4.79 Å². The zero-order chi connectivity index (χ0) is 7.40. The van der Waals surface area contributed by atoms with Gasteiger partial charge in [-0.3, -0.25) is 4.79 Å². The monoisotopic (exact) mass is 157 g/mol. The number of aryl methyl sites for hydroxylation is 1. The van der Waals surface area contributed by atoms with E-state index in [1.165, 1.54) is 11.3 Å². The Morgan fingerprint density at radius 2 is 2.70 bits per heavy atom. The van der Waals surface area contributed by atoms with Crippen molar-refractivity contribution in [3.63, 3.8) is 0 Å². The fraction of sp³-hybridized carbons (Fsp3) is 0.333. The van der Waals surface area contributed by atoms with Crippen molar-refractivity contribution in [1.29, 1.82) is 0 Å². The Morgan fingerprint density at radius 1 is 1.90 bits per heavy atom. The highest BCUT2D eigenvalue weighted by molar-refractivity contribution is 7.09. The second-order valence-corrected chi connectivity index (χ2v) is 2.73. The first-order valence-electron chi connectivity index (χ1n) is 2.79. The van der Waals surface area contributed by atoms with E-state index in [4.69, 9.17) is 0 Å². The normalized spacial score (nSPS) is 9.30. The van der Waals surface area contributed by atoms with Crippen LogP contribution in [0, 0.1) is 6.92 Å². The molecule has 0 saturated carbocycles. The molecule has 0 spiro atoms. The van der Waals surface area contributed by atoms with Gasteiger partial charge in [0.25, 0.3) is 6.47 Å². The topological polar surface area (TPSA) is 39.2 Å². The molecular weight excluding hydrogens is 150 g/mol. The van der Waals surface area contributed by atoms with Crippen molar-refractivity contribution in [2.24, 2.45) is 0 Å². The fourth-order valence-electron chi connectivity index (χ4n) is 0.574. The number of hydrogen-bond acceptors (Lipinski definition) is 4. The molecule has 0 aliphatic rings. The lowest BCUT2D eigenvalue weighted by molar-refractivity contribution is -0.129. The zero-order valence-corrected chi connectivity index (χ0v) is 6.35.